The average Bonchev–Trinajstić information content (AvgIpc) is 2.86. The zero-order valence-electron chi connectivity index (χ0n) is 13.1. The van der Waals surface area contributed by atoms with Gasteiger partial charge in [0.05, 0.1) is 0 Å². The van der Waals surface area contributed by atoms with Gasteiger partial charge in [0.2, 0.25) is 0 Å². The maximum absolute atomic E-state index is 5.58. The van der Waals surface area contributed by atoms with Crippen LogP contribution >= 0.6 is 0 Å². The van der Waals surface area contributed by atoms with Gasteiger partial charge in [0.15, 0.2) is 0 Å². The summed E-state index contributed by atoms with van der Waals surface area (Å²) in [4.78, 5) is 2.61. The van der Waals surface area contributed by atoms with E-state index in [-0.39, 0.29) is 0 Å². The van der Waals surface area contributed by atoms with Gasteiger partial charge < -0.3 is 15.2 Å². The molecule has 1 aromatic carbocycles. The van der Waals surface area contributed by atoms with Crippen LogP contribution in [0, 0.1) is 0 Å². The number of nitrogens with zero attached hydrogens (tertiary/aromatic N) is 2. The van der Waals surface area contributed by atoms with Crippen LogP contribution < -0.4 is 5.73 Å². The van der Waals surface area contributed by atoms with Gasteiger partial charge in [-0.2, -0.15) is 0 Å². The Morgan fingerprint density at radius 1 is 1.14 bits per heavy atom. The second kappa shape index (κ2) is 6.63. The molecule has 1 aliphatic rings. The molecule has 0 saturated carbocycles. The number of para-hydroxylation sites is 1. The fraction of sp³-hybridized carbons (Fsp3) is 0.556. The third kappa shape index (κ3) is 3.14. The Morgan fingerprint density at radius 3 is 2.67 bits per heavy atom. The number of likely N-dealkylation sites (tertiary alicyclic amines) is 1. The van der Waals surface area contributed by atoms with Gasteiger partial charge in [-0.05, 0) is 69.4 Å². The van der Waals surface area contributed by atoms with E-state index in [1.165, 1.54) is 49.8 Å². The lowest BCUT2D eigenvalue weighted by Crippen LogP contribution is -2.33. The Bertz CT molecular complexity index is 579. The molecule has 2 N–H and O–H groups in total. The average molecular weight is 285 g/mol. The van der Waals surface area contributed by atoms with Crippen LogP contribution in [-0.4, -0.2) is 35.6 Å². The summed E-state index contributed by atoms with van der Waals surface area (Å²) in [5.41, 5.74) is 8.49. The van der Waals surface area contributed by atoms with E-state index in [0.29, 0.717) is 0 Å². The molecule has 2 aromatic rings. The van der Waals surface area contributed by atoms with Crippen molar-refractivity contribution in [1.29, 1.82) is 0 Å². The number of aromatic nitrogens is 1. The monoisotopic (exact) mass is 285 g/mol. The minimum Gasteiger partial charge on any atom is -0.350 e. The number of rotatable bonds is 5. The molecular formula is C18H27N3. The molecule has 3 nitrogen and oxygen atoms in total. The van der Waals surface area contributed by atoms with E-state index in [0.717, 1.165) is 18.9 Å². The molecular weight excluding hydrogens is 258 g/mol. The molecule has 1 saturated heterocycles. The molecule has 0 atom stereocenters. The summed E-state index contributed by atoms with van der Waals surface area (Å²) < 4.78 is 2.28. The van der Waals surface area contributed by atoms with Gasteiger partial charge >= 0.3 is 0 Å². The van der Waals surface area contributed by atoms with Gasteiger partial charge in [-0.25, -0.2) is 0 Å². The largest absolute Gasteiger partial charge is 0.350 e. The number of fused-ring (bicyclic) bond motifs is 1. The summed E-state index contributed by atoms with van der Waals surface area (Å²) in [6.45, 7) is 4.52. The number of hydrogen-bond acceptors (Lipinski definition) is 2. The van der Waals surface area contributed by atoms with Crippen molar-refractivity contribution in [3.8, 4) is 0 Å². The van der Waals surface area contributed by atoms with Crippen LogP contribution in [-0.2, 0) is 7.05 Å². The first-order valence-electron chi connectivity index (χ1n) is 8.26. The van der Waals surface area contributed by atoms with Crippen LogP contribution in [0.3, 0.4) is 0 Å². The van der Waals surface area contributed by atoms with Crippen molar-refractivity contribution in [2.45, 2.75) is 31.6 Å². The van der Waals surface area contributed by atoms with Crippen molar-refractivity contribution in [1.82, 2.24) is 9.47 Å². The van der Waals surface area contributed by atoms with Crippen molar-refractivity contribution >= 4 is 10.9 Å². The summed E-state index contributed by atoms with van der Waals surface area (Å²) in [7, 11) is 2.16. The quantitative estimate of drug-likeness (QED) is 0.857. The molecule has 0 unspecified atom stereocenters. The first-order valence-corrected chi connectivity index (χ1v) is 8.26. The highest BCUT2D eigenvalue weighted by Crippen LogP contribution is 2.34. The van der Waals surface area contributed by atoms with Crippen LogP contribution in [0.2, 0.25) is 0 Å². The molecule has 21 heavy (non-hydrogen) atoms. The number of aryl methyl sites for hydroxylation is 1. The zero-order chi connectivity index (χ0) is 14.7. The van der Waals surface area contributed by atoms with E-state index in [2.05, 4.69) is 47.0 Å². The maximum atomic E-state index is 5.58. The number of hydrogen-bond donors (Lipinski definition) is 1. The zero-order valence-corrected chi connectivity index (χ0v) is 13.1. The van der Waals surface area contributed by atoms with Gasteiger partial charge in [0.25, 0.3) is 0 Å². The van der Waals surface area contributed by atoms with Crippen molar-refractivity contribution < 1.29 is 0 Å². The molecule has 1 aromatic heterocycles. The van der Waals surface area contributed by atoms with Crippen LogP contribution in [0.15, 0.2) is 30.5 Å². The highest BCUT2D eigenvalue weighted by Gasteiger charge is 2.22. The van der Waals surface area contributed by atoms with Crippen molar-refractivity contribution in [3.05, 3.63) is 36.0 Å². The van der Waals surface area contributed by atoms with Crippen molar-refractivity contribution in [3.63, 3.8) is 0 Å². The first kappa shape index (κ1) is 14.6. The minimum atomic E-state index is 0.724. The second-order valence-corrected chi connectivity index (χ2v) is 6.32. The third-order valence-corrected chi connectivity index (χ3v) is 4.88. The van der Waals surface area contributed by atoms with Gasteiger partial charge in [-0.3, -0.25) is 0 Å². The summed E-state index contributed by atoms with van der Waals surface area (Å²) >= 11 is 0. The lowest BCUT2D eigenvalue weighted by Gasteiger charge is -2.31. The van der Waals surface area contributed by atoms with Crippen LogP contribution in [0.1, 0.15) is 37.2 Å². The second-order valence-electron chi connectivity index (χ2n) is 6.32. The fourth-order valence-corrected chi connectivity index (χ4v) is 3.65. The Hall–Kier alpha value is -1.32. The van der Waals surface area contributed by atoms with E-state index in [4.69, 9.17) is 5.73 Å². The van der Waals surface area contributed by atoms with Gasteiger partial charge in [-0.1, -0.05) is 18.2 Å². The topological polar surface area (TPSA) is 34.2 Å². The number of unbranched alkanes of at least 4 members (excludes halogenated alkanes) is 1. The van der Waals surface area contributed by atoms with Gasteiger partial charge in [0.1, 0.15) is 0 Å². The lowest BCUT2D eigenvalue weighted by atomic mass is 9.89. The minimum absolute atomic E-state index is 0.724. The summed E-state index contributed by atoms with van der Waals surface area (Å²) in [6, 6.07) is 8.79. The molecule has 2 heterocycles. The summed E-state index contributed by atoms with van der Waals surface area (Å²) in [5.74, 6) is 0.724. The van der Waals surface area contributed by atoms with E-state index in [1.807, 2.05) is 0 Å². The molecule has 0 radical (unpaired) electrons. The van der Waals surface area contributed by atoms with Gasteiger partial charge in [-0.15, -0.1) is 0 Å². The standard InChI is InChI=1S/C18H27N3/c1-20-14-17(16-6-2-3-7-18(16)20)15-8-12-21(13-9-15)11-5-4-10-19/h2-3,6-7,14-15H,4-5,8-13,19H2,1H3. The Labute approximate surface area is 127 Å². The molecule has 0 amide bonds. The van der Waals surface area contributed by atoms with Crippen molar-refractivity contribution in [2.75, 3.05) is 26.2 Å². The van der Waals surface area contributed by atoms with Crippen LogP contribution in [0.4, 0.5) is 0 Å². The third-order valence-electron chi connectivity index (χ3n) is 4.88. The fourth-order valence-electron chi connectivity index (χ4n) is 3.65. The predicted molar refractivity (Wildman–Crippen MR) is 89.6 cm³/mol. The number of nitrogens with two attached hydrogens (primary N) is 1. The molecule has 0 bridgehead atoms. The normalized spacial score (nSPS) is 17.6. The van der Waals surface area contributed by atoms with Crippen LogP contribution in [0.5, 0.6) is 0 Å². The van der Waals surface area contributed by atoms with Crippen LogP contribution in [0.25, 0.3) is 10.9 Å². The van der Waals surface area contributed by atoms with E-state index in [1.54, 1.807) is 5.56 Å². The highest BCUT2D eigenvalue weighted by molar-refractivity contribution is 5.84. The van der Waals surface area contributed by atoms with Gasteiger partial charge in [0, 0.05) is 24.1 Å². The first-order chi connectivity index (χ1) is 10.3. The maximum Gasteiger partial charge on any atom is 0.0480 e. The van der Waals surface area contributed by atoms with E-state index >= 15 is 0 Å². The molecule has 3 heteroatoms. The Kier molecular flexibility index (Phi) is 4.61. The molecule has 0 aliphatic carbocycles. The summed E-state index contributed by atoms with van der Waals surface area (Å²) in [5, 5.41) is 1.45. The molecule has 114 valence electrons. The summed E-state index contributed by atoms with van der Waals surface area (Å²) in [6.07, 6.45) is 7.32. The predicted octanol–water partition coefficient (Wildman–Crippen LogP) is 3.10. The molecule has 1 fully saturated rings. The Morgan fingerprint density at radius 2 is 1.90 bits per heavy atom. The smallest absolute Gasteiger partial charge is 0.0480 e. The molecule has 1 aliphatic heterocycles. The number of piperidine rings is 1. The molecule has 0 spiro atoms. The lowest BCUT2D eigenvalue weighted by molar-refractivity contribution is 0.209. The molecule has 3 rings (SSSR count). The SMILES string of the molecule is Cn1cc(C2CCN(CCCCN)CC2)c2ccccc21. The highest BCUT2D eigenvalue weighted by atomic mass is 15.1. The Balaban J connectivity index is 1.66. The number of benzene rings is 1. The van der Waals surface area contributed by atoms with E-state index in [9.17, 15) is 0 Å². The van der Waals surface area contributed by atoms with Crippen molar-refractivity contribution in [2.24, 2.45) is 12.8 Å². The van der Waals surface area contributed by atoms with E-state index < -0.39 is 0 Å².